The van der Waals surface area contributed by atoms with Crippen molar-refractivity contribution in [3.63, 3.8) is 0 Å². The number of nitrogens with one attached hydrogen (secondary N) is 2. The van der Waals surface area contributed by atoms with E-state index in [0.29, 0.717) is 23.9 Å². The molecule has 0 aliphatic carbocycles. The molecule has 0 fully saturated rings. The topological polar surface area (TPSA) is 49.8 Å². The predicted molar refractivity (Wildman–Crippen MR) is 99.9 cm³/mol. The quantitative estimate of drug-likeness (QED) is 0.664. The van der Waals surface area contributed by atoms with Crippen LogP contribution in [-0.4, -0.2) is 16.0 Å². The second-order valence-corrected chi connectivity index (χ2v) is 6.23. The summed E-state index contributed by atoms with van der Waals surface area (Å²) in [5.41, 5.74) is 2.37. The molecule has 26 heavy (non-hydrogen) atoms. The van der Waals surface area contributed by atoms with E-state index in [2.05, 4.69) is 20.6 Å². The lowest BCUT2D eigenvalue weighted by Crippen LogP contribution is -2.14. The van der Waals surface area contributed by atoms with E-state index in [1.165, 1.54) is 12.1 Å². The summed E-state index contributed by atoms with van der Waals surface area (Å²) in [7, 11) is 0. The van der Waals surface area contributed by atoms with Crippen LogP contribution in [-0.2, 0) is 6.54 Å². The molecule has 0 atom stereocenters. The van der Waals surface area contributed by atoms with Crippen molar-refractivity contribution in [3.05, 3.63) is 71.8 Å². The molecular formula is C20H20F2N4. The number of aromatic nitrogens is 2. The Labute approximate surface area is 151 Å². The summed E-state index contributed by atoms with van der Waals surface area (Å²) < 4.78 is 26.4. The van der Waals surface area contributed by atoms with Gasteiger partial charge in [0.2, 0.25) is 5.95 Å². The van der Waals surface area contributed by atoms with Crippen LogP contribution in [0.1, 0.15) is 19.4 Å². The van der Waals surface area contributed by atoms with Crippen LogP contribution in [0.15, 0.2) is 54.6 Å². The van der Waals surface area contributed by atoms with E-state index in [0.717, 1.165) is 17.3 Å². The Bertz CT molecular complexity index is 882. The van der Waals surface area contributed by atoms with Crippen molar-refractivity contribution in [3.8, 4) is 11.3 Å². The number of rotatable bonds is 6. The third-order valence-electron chi connectivity index (χ3n) is 3.67. The Morgan fingerprint density at radius 3 is 2.38 bits per heavy atom. The number of anilines is 2. The molecule has 0 saturated carbocycles. The average molecular weight is 354 g/mol. The third kappa shape index (κ3) is 4.53. The van der Waals surface area contributed by atoms with Gasteiger partial charge in [0.25, 0.3) is 0 Å². The zero-order chi connectivity index (χ0) is 18.5. The van der Waals surface area contributed by atoms with Gasteiger partial charge in [0.15, 0.2) is 11.6 Å². The highest BCUT2D eigenvalue weighted by Crippen LogP contribution is 2.22. The standard InChI is InChI=1S/C20H20F2N4/c1-13(2)24-20-25-18(15-6-4-3-5-7-15)11-19(26-20)23-12-14-8-9-16(21)17(22)10-14/h3-11,13H,12H2,1-2H3,(H2,23,24,25,26). The van der Waals surface area contributed by atoms with Gasteiger partial charge < -0.3 is 10.6 Å². The minimum atomic E-state index is -0.862. The average Bonchev–Trinajstić information content (AvgIpc) is 2.63. The van der Waals surface area contributed by atoms with Gasteiger partial charge in [-0.1, -0.05) is 36.4 Å². The van der Waals surface area contributed by atoms with E-state index in [4.69, 9.17) is 0 Å². The molecule has 3 rings (SSSR count). The molecule has 2 N–H and O–H groups in total. The highest BCUT2D eigenvalue weighted by atomic mass is 19.2. The van der Waals surface area contributed by atoms with Crippen LogP contribution in [0.2, 0.25) is 0 Å². The van der Waals surface area contributed by atoms with Crippen molar-refractivity contribution in [2.24, 2.45) is 0 Å². The SMILES string of the molecule is CC(C)Nc1nc(NCc2ccc(F)c(F)c2)cc(-c2ccccc2)n1. The van der Waals surface area contributed by atoms with Crippen LogP contribution < -0.4 is 10.6 Å². The van der Waals surface area contributed by atoms with E-state index in [9.17, 15) is 8.78 Å². The molecule has 1 aromatic heterocycles. The zero-order valence-electron chi connectivity index (χ0n) is 14.6. The molecule has 0 aliphatic rings. The first-order valence-corrected chi connectivity index (χ1v) is 8.40. The minimum absolute atomic E-state index is 0.181. The molecule has 0 radical (unpaired) electrons. The summed E-state index contributed by atoms with van der Waals surface area (Å²) in [6.45, 7) is 4.34. The zero-order valence-corrected chi connectivity index (χ0v) is 14.6. The van der Waals surface area contributed by atoms with Crippen molar-refractivity contribution >= 4 is 11.8 Å². The molecule has 3 aromatic rings. The lowest BCUT2D eigenvalue weighted by Gasteiger charge is -2.13. The normalized spacial score (nSPS) is 10.8. The molecule has 1 heterocycles. The second-order valence-electron chi connectivity index (χ2n) is 6.23. The van der Waals surface area contributed by atoms with E-state index in [-0.39, 0.29) is 6.04 Å². The summed E-state index contributed by atoms with van der Waals surface area (Å²) in [6, 6.07) is 15.6. The molecule has 0 saturated heterocycles. The number of hydrogen-bond acceptors (Lipinski definition) is 4. The van der Waals surface area contributed by atoms with E-state index in [1.54, 1.807) is 0 Å². The fourth-order valence-corrected chi connectivity index (χ4v) is 2.46. The smallest absolute Gasteiger partial charge is 0.225 e. The monoisotopic (exact) mass is 354 g/mol. The van der Waals surface area contributed by atoms with Crippen LogP contribution in [0, 0.1) is 11.6 Å². The Hall–Kier alpha value is -3.02. The first-order chi connectivity index (χ1) is 12.5. The highest BCUT2D eigenvalue weighted by Gasteiger charge is 2.08. The maximum absolute atomic E-state index is 13.4. The van der Waals surface area contributed by atoms with Gasteiger partial charge in [0.1, 0.15) is 5.82 Å². The Balaban J connectivity index is 1.86. The molecule has 0 aliphatic heterocycles. The van der Waals surface area contributed by atoms with E-state index < -0.39 is 11.6 Å². The van der Waals surface area contributed by atoms with Gasteiger partial charge >= 0.3 is 0 Å². The molecule has 0 unspecified atom stereocenters. The fourth-order valence-electron chi connectivity index (χ4n) is 2.46. The molecule has 6 heteroatoms. The Morgan fingerprint density at radius 2 is 1.69 bits per heavy atom. The van der Waals surface area contributed by atoms with Gasteiger partial charge in [0.05, 0.1) is 5.69 Å². The van der Waals surface area contributed by atoms with E-state index >= 15 is 0 Å². The fraction of sp³-hybridized carbons (Fsp3) is 0.200. The maximum atomic E-state index is 13.4. The lowest BCUT2D eigenvalue weighted by molar-refractivity contribution is 0.507. The van der Waals surface area contributed by atoms with Gasteiger partial charge in [-0.3, -0.25) is 0 Å². The molecule has 0 spiro atoms. The molecule has 4 nitrogen and oxygen atoms in total. The Morgan fingerprint density at radius 1 is 0.923 bits per heavy atom. The van der Waals surface area contributed by atoms with Crippen molar-refractivity contribution in [1.82, 2.24) is 9.97 Å². The molecule has 0 amide bonds. The van der Waals surface area contributed by atoms with Crippen molar-refractivity contribution < 1.29 is 8.78 Å². The number of hydrogen-bond donors (Lipinski definition) is 2. The number of benzene rings is 2. The minimum Gasteiger partial charge on any atom is -0.366 e. The van der Waals surface area contributed by atoms with Crippen LogP contribution >= 0.6 is 0 Å². The Kier molecular flexibility index (Phi) is 5.41. The predicted octanol–water partition coefficient (Wildman–Crippen LogP) is 4.85. The van der Waals surface area contributed by atoms with Gasteiger partial charge in [0, 0.05) is 24.2 Å². The molecule has 134 valence electrons. The first-order valence-electron chi connectivity index (χ1n) is 8.40. The van der Waals surface area contributed by atoms with Gasteiger partial charge in [-0.05, 0) is 31.5 Å². The summed E-state index contributed by atoms with van der Waals surface area (Å²) in [5.74, 6) is -0.606. The maximum Gasteiger partial charge on any atom is 0.225 e. The van der Waals surface area contributed by atoms with Crippen molar-refractivity contribution in [2.75, 3.05) is 10.6 Å². The highest BCUT2D eigenvalue weighted by molar-refractivity contribution is 5.64. The number of halogens is 2. The first kappa shape index (κ1) is 17.8. The molecule has 2 aromatic carbocycles. The van der Waals surface area contributed by atoms with Crippen LogP contribution in [0.25, 0.3) is 11.3 Å². The van der Waals surface area contributed by atoms with E-state index in [1.807, 2.05) is 50.2 Å². The van der Waals surface area contributed by atoms with Crippen LogP contribution in [0.3, 0.4) is 0 Å². The summed E-state index contributed by atoms with van der Waals surface area (Å²) in [4.78, 5) is 9.01. The second kappa shape index (κ2) is 7.91. The summed E-state index contributed by atoms with van der Waals surface area (Å²) in [5, 5.41) is 6.35. The summed E-state index contributed by atoms with van der Waals surface area (Å²) >= 11 is 0. The number of nitrogens with zero attached hydrogens (tertiary/aromatic N) is 2. The van der Waals surface area contributed by atoms with Gasteiger partial charge in [-0.2, -0.15) is 4.98 Å². The van der Waals surface area contributed by atoms with Gasteiger partial charge in [-0.25, -0.2) is 13.8 Å². The molecule has 0 bridgehead atoms. The summed E-state index contributed by atoms with van der Waals surface area (Å²) in [6.07, 6.45) is 0. The van der Waals surface area contributed by atoms with Crippen molar-refractivity contribution in [2.45, 2.75) is 26.4 Å². The van der Waals surface area contributed by atoms with Gasteiger partial charge in [-0.15, -0.1) is 0 Å². The third-order valence-corrected chi connectivity index (χ3v) is 3.67. The van der Waals surface area contributed by atoms with Crippen molar-refractivity contribution in [1.29, 1.82) is 0 Å². The van der Waals surface area contributed by atoms with Crippen LogP contribution in [0.5, 0.6) is 0 Å². The van der Waals surface area contributed by atoms with Crippen LogP contribution in [0.4, 0.5) is 20.5 Å². The molecular weight excluding hydrogens is 334 g/mol. The lowest BCUT2D eigenvalue weighted by atomic mass is 10.1. The largest absolute Gasteiger partial charge is 0.366 e.